The molecule has 0 aliphatic heterocycles. The van der Waals surface area contributed by atoms with Crippen molar-refractivity contribution in [2.75, 3.05) is 0 Å². The van der Waals surface area contributed by atoms with Gasteiger partial charge in [-0.05, 0) is 71.6 Å². The predicted molar refractivity (Wildman–Crippen MR) is 150 cm³/mol. The lowest BCUT2D eigenvalue weighted by molar-refractivity contribution is -0.646. The molecule has 0 fully saturated rings. The Kier molecular flexibility index (Phi) is 4.53. The maximum atomic E-state index is 7.84. The number of aryl methyl sites for hydroxylation is 3. The van der Waals surface area contributed by atoms with Crippen molar-refractivity contribution in [1.82, 2.24) is 9.38 Å². The van der Waals surface area contributed by atoms with Crippen LogP contribution < -0.4 is 4.57 Å². The predicted octanol–water partition coefficient (Wildman–Crippen LogP) is 7.57. The number of rotatable bonds is 2. The number of aromatic nitrogens is 3. The molecule has 0 radical (unpaired) electrons. The molecule has 3 heterocycles. The molecule has 0 atom stereocenters. The minimum atomic E-state index is -0.629. The van der Waals surface area contributed by atoms with E-state index >= 15 is 0 Å². The number of fused-ring (bicyclic) bond motifs is 5. The molecule has 0 saturated carbocycles. The molecule has 0 unspecified atom stereocenters. The largest absolute Gasteiger partial charge is 0.308 e. The van der Waals surface area contributed by atoms with Gasteiger partial charge in [-0.1, -0.05) is 26.8 Å². The Labute approximate surface area is 212 Å². The quantitative estimate of drug-likeness (QED) is 0.110. The van der Waals surface area contributed by atoms with Crippen LogP contribution in [-0.4, -0.2) is 9.38 Å². The summed E-state index contributed by atoms with van der Waals surface area (Å²) in [6.07, 6.45) is 2.95. The standard InChI is InChI=1S/C32H33N4/c1-18-12-23-22-13-20(16-31(3,4)5)10-11-25(22)36-26-15-21(32(6,7)33-8)14-24-28(26)30(35(9)17-34-24)27(19(18)2)29(23)36/h10-15,17H,16H2,1-7,9H3/q+1. The van der Waals surface area contributed by atoms with Crippen LogP contribution in [-0.2, 0) is 19.0 Å². The second-order valence-corrected chi connectivity index (χ2v) is 12.3. The molecule has 6 rings (SSSR count). The van der Waals surface area contributed by atoms with Crippen molar-refractivity contribution in [3.63, 3.8) is 0 Å². The van der Waals surface area contributed by atoms with Gasteiger partial charge in [-0.15, -0.1) is 0 Å². The van der Waals surface area contributed by atoms with Crippen LogP contribution >= 0.6 is 0 Å². The van der Waals surface area contributed by atoms with E-state index in [4.69, 9.17) is 11.6 Å². The van der Waals surface area contributed by atoms with E-state index in [0.717, 1.165) is 28.4 Å². The summed E-state index contributed by atoms with van der Waals surface area (Å²) in [5, 5.41) is 5.04. The number of benzene rings is 3. The highest BCUT2D eigenvalue weighted by Crippen LogP contribution is 2.43. The van der Waals surface area contributed by atoms with Gasteiger partial charge < -0.3 is 9.25 Å². The van der Waals surface area contributed by atoms with Crippen molar-refractivity contribution >= 4 is 49.1 Å². The van der Waals surface area contributed by atoms with Crippen molar-refractivity contribution in [1.29, 1.82) is 0 Å². The summed E-state index contributed by atoms with van der Waals surface area (Å²) in [4.78, 5) is 8.80. The van der Waals surface area contributed by atoms with Gasteiger partial charge in [0.25, 0.3) is 11.9 Å². The second kappa shape index (κ2) is 7.17. The molecule has 0 saturated heterocycles. The first-order valence-corrected chi connectivity index (χ1v) is 12.7. The minimum Gasteiger partial charge on any atom is -0.308 e. The van der Waals surface area contributed by atoms with Gasteiger partial charge in [0.1, 0.15) is 5.52 Å². The zero-order chi connectivity index (χ0) is 25.7. The minimum absolute atomic E-state index is 0.221. The smallest absolute Gasteiger partial charge is 0.287 e. The molecule has 0 spiro atoms. The van der Waals surface area contributed by atoms with Crippen LogP contribution in [0.25, 0.3) is 54.0 Å². The first-order valence-electron chi connectivity index (χ1n) is 12.7. The second-order valence-electron chi connectivity index (χ2n) is 12.3. The van der Waals surface area contributed by atoms with E-state index in [1.54, 1.807) is 0 Å². The molecule has 6 aromatic rings. The Morgan fingerprint density at radius 3 is 2.39 bits per heavy atom. The van der Waals surface area contributed by atoms with Crippen molar-refractivity contribution in [3.05, 3.63) is 76.4 Å². The monoisotopic (exact) mass is 473 g/mol. The van der Waals surface area contributed by atoms with Crippen molar-refractivity contribution in [2.24, 2.45) is 12.5 Å². The Morgan fingerprint density at radius 1 is 0.944 bits per heavy atom. The molecule has 180 valence electrons. The van der Waals surface area contributed by atoms with Crippen LogP contribution in [0.3, 0.4) is 0 Å². The van der Waals surface area contributed by atoms with Crippen molar-refractivity contribution in [3.8, 4) is 0 Å². The number of hydrogen-bond acceptors (Lipinski definition) is 1. The van der Waals surface area contributed by atoms with Crippen LogP contribution in [0, 0.1) is 25.8 Å². The van der Waals surface area contributed by atoms with Gasteiger partial charge >= 0.3 is 0 Å². The average Bonchev–Trinajstić information content (AvgIpc) is 3.12. The molecule has 0 aliphatic rings. The summed E-state index contributed by atoms with van der Waals surface area (Å²) < 4.78 is 4.60. The summed E-state index contributed by atoms with van der Waals surface area (Å²) in [7, 11) is 2.09. The fourth-order valence-electron chi connectivity index (χ4n) is 5.95. The van der Waals surface area contributed by atoms with Crippen LogP contribution in [0.5, 0.6) is 0 Å². The third kappa shape index (κ3) is 3.05. The zero-order valence-corrected chi connectivity index (χ0v) is 22.5. The fourth-order valence-corrected chi connectivity index (χ4v) is 5.95. The molecule has 4 heteroatoms. The lowest BCUT2D eigenvalue weighted by Crippen LogP contribution is -2.30. The molecule has 0 amide bonds. The van der Waals surface area contributed by atoms with Gasteiger partial charge in [0.2, 0.25) is 0 Å². The molecular weight excluding hydrogens is 440 g/mol. The molecule has 4 nitrogen and oxygen atoms in total. The first-order chi connectivity index (χ1) is 16.9. The average molecular weight is 474 g/mol. The van der Waals surface area contributed by atoms with E-state index in [2.05, 4.69) is 91.9 Å². The number of nitrogens with zero attached hydrogens (tertiary/aromatic N) is 4. The van der Waals surface area contributed by atoms with Gasteiger partial charge in [-0.25, -0.2) is 11.1 Å². The highest BCUT2D eigenvalue weighted by molar-refractivity contribution is 6.25. The van der Waals surface area contributed by atoms with Crippen molar-refractivity contribution in [2.45, 2.75) is 60.4 Å². The Morgan fingerprint density at radius 2 is 1.69 bits per heavy atom. The highest BCUT2D eigenvalue weighted by atomic mass is 15.0. The fraction of sp³-hybridized carbons (Fsp3) is 0.344. The van der Waals surface area contributed by atoms with Crippen LogP contribution in [0.15, 0.2) is 42.7 Å². The Bertz CT molecular complexity index is 1910. The van der Waals surface area contributed by atoms with Gasteiger partial charge in [0, 0.05) is 36.2 Å². The lowest BCUT2D eigenvalue weighted by atomic mass is 9.87. The van der Waals surface area contributed by atoms with E-state index < -0.39 is 5.54 Å². The van der Waals surface area contributed by atoms with Crippen LogP contribution in [0.1, 0.15) is 56.9 Å². The maximum absolute atomic E-state index is 7.84. The summed E-state index contributed by atoms with van der Waals surface area (Å²) in [5.74, 6) is 0. The van der Waals surface area contributed by atoms with Crippen LogP contribution in [0.4, 0.5) is 0 Å². The van der Waals surface area contributed by atoms with Crippen LogP contribution in [0.2, 0.25) is 0 Å². The van der Waals surface area contributed by atoms with Gasteiger partial charge in [-0.3, -0.25) is 0 Å². The lowest BCUT2D eigenvalue weighted by Gasteiger charge is -2.18. The van der Waals surface area contributed by atoms with E-state index in [1.807, 2.05) is 20.2 Å². The number of pyridine rings is 1. The SMILES string of the molecule is [C-]#[N+]C(C)(C)c1cc2nc[n+](C)c3c4c(C)c(C)cc5c6cc(CC(C)(C)C)ccc6n(c(c1)c23)c54. The van der Waals surface area contributed by atoms with E-state index in [1.165, 1.54) is 49.4 Å². The summed E-state index contributed by atoms with van der Waals surface area (Å²) in [6, 6.07) is 13.7. The van der Waals surface area contributed by atoms with Gasteiger partial charge in [0.05, 0.1) is 34.4 Å². The van der Waals surface area contributed by atoms with Gasteiger partial charge in [-0.2, -0.15) is 0 Å². The molecular formula is C32H33N4+. The summed E-state index contributed by atoms with van der Waals surface area (Å²) in [5.41, 5.74) is 10.3. The summed E-state index contributed by atoms with van der Waals surface area (Å²) in [6.45, 7) is 23.2. The third-order valence-corrected chi connectivity index (χ3v) is 7.89. The first kappa shape index (κ1) is 22.7. The Balaban J connectivity index is 1.93. The zero-order valence-electron chi connectivity index (χ0n) is 22.5. The highest BCUT2D eigenvalue weighted by Gasteiger charge is 2.31. The van der Waals surface area contributed by atoms with E-state index in [0.29, 0.717) is 0 Å². The molecule has 3 aromatic heterocycles. The molecule has 0 bridgehead atoms. The summed E-state index contributed by atoms with van der Waals surface area (Å²) >= 11 is 0. The molecule has 0 aliphatic carbocycles. The molecule has 0 N–H and O–H groups in total. The van der Waals surface area contributed by atoms with Crippen molar-refractivity contribution < 1.29 is 4.57 Å². The molecule has 36 heavy (non-hydrogen) atoms. The third-order valence-electron chi connectivity index (χ3n) is 7.89. The van der Waals surface area contributed by atoms with Gasteiger partial charge in [0.15, 0.2) is 5.52 Å². The van der Waals surface area contributed by atoms with E-state index in [-0.39, 0.29) is 5.41 Å². The maximum Gasteiger partial charge on any atom is 0.287 e. The number of hydrogen-bond donors (Lipinski definition) is 0. The topological polar surface area (TPSA) is 25.5 Å². The molecule has 3 aromatic carbocycles. The normalized spacial score (nSPS) is 13.1. The Hall–Kier alpha value is -3.71. The van der Waals surface area contributed by atoms with E-state index in [9.17, 15) is 0 Å².